The van der Waals surface area contributed by atoms with Crippen LogP contribution in [0.25, 0.3) is 27.8 Å². The molecule has 4 N–H and O–H groups in total. The molecule has 0 radical (unpaired) electrons. The Hall–Kier alpha value is -4.00. The molecule has 1 aliphatic carbocycles. The van der Waals surface area contributed by atoms with Crippen molar-refractivity contribution in [1.82, 2.24) is 33.5 Å². The van der Waals surface area contributed by atoms with Crippen molar-refractivity contribution < 1.29 is 50.9 Å². The molecule has 4 heterocycles. The van der Waals surface area contributed by atoms with Crippen LogP contribution in [0.15, 0.2) is 52.4 Å². The van der Waals surface area contributed by atoms with Gasteiger partial charge in [0.15, 0.2) is 5.65 Å². The molecule has 0 saturated heterocycles. The highest BCUT2D eigenvalue weighted by Crippen LogP contribution is 2.56. The lowest BCUT2D eigenvalue weighted by Gasteiger charge is -2.15. The molecule has 0 amide bonds. The van der Waals surface area contributed by atoms with E-state index in [2.05, 4.69) is 24.2 Å². The minimum atomic E-state index is -5.20. The van der Waals surface area contributed by atoms with Crippen LogP contribution in [0.3, 0.4) is 0 Å². The summed E-state index contributed by atoms with van der Waals surface area (Å²) >= 11 is 0. The minimum absolute atomic E-state index is 0.0961. The number of aromatic nitrogens is 7. The van der Waals surface area contributed by atoms with Gasteiger partial charge < -0.3 is 19.6 Å². The lowest BCUT2D eigenvalue weighted by Crippen LogP contribution is -2.41. The second-order valence-electron chi connectivity index (χ2n) is 11.0. The first-order valence-corrected chi connectivity index (χ1v) is 16.6. The number of hydrogen-bond donors (Lipinski definition) is 4. The standard InChI is InChI=1S/C25H24F3N7O10P2/c1-25(27,28)10-34-20-4-13(2-3-14(20)7-30-34)15-5-16(15)17-6-19(31-35-21(26)8-29-22(17)35)18-9-32(11-44-46(38,39)40)24(37)33(23(18)36)12-45-47(41,42)43/h2-4,6-9,15-16H,5,10-12H2,1H3,(H2,38,39,40)(H2,41,42,43)/t15-,16+/m1/s1. The minimum Gasteiger partial charge on any atom is -0.303 e. The third-order valence-electron chi connectivity index (χ3n) is 7.40. The number of benzene rings is 1. The molecular formula is C25H24F3N7O10P2. The van der Waals surface area contributed by atoms with Gasteiger partial charge in [-0.15, -0.1) is 0 Å². The summed E-state index contributed by atoms with van der Waals surface area (Å²) in [5.41, 5.74) is -1.42. The van der Waals surface area contributed by atoms with Crippen LogP contribution >= 0.6 is 15.6 Å². The third kappa shape index (κ3) is 7.00. The Morgan fingerprint density at radius 1 is 1.02 bits per heavy atom. The first kappa shape index (κ1) is 32.9. The number of fused-ring (bicyclic) bond motifs is 2. The first-order valence-electron chi connectivity index (χ1n) is 13.5. The number of rotatable bonds is 11. The molecule has 1 fully saturated rings. The maximum atomic E-state index is 14.9. The highest BCUT2D eigenvalue weighted by Gasteiger charge is 2.42. The Bertz CT molecular complexity index is 2250. The molecule has 22 heteroatoms. The van der Waals surface area contributed by atoms with E-state index >= 15 is 0 Å². The zero-order chi connectivity index (χ0) is 34.1. The number of alkyl halides is 2. The van der Waals surface area contributed by atoms with Crippen LogP contribution in [0.4, 0.5) is 13.2 Å². The first-order chi connectivity index (χ1) is 21.9. The van der Waals surface area contributed by atoms with Crippen molar-refractivity contribution >= 4 is 32.2 Å². The molecule has 0 bridgehead atoms. The number of imidazole rings is 1. The van der Waals surface area contributed by atoms with Crippen molar-refractivity contribution in [1.29, 1.82) is 0 Å². The zero-order valence-corrected chi connectivity index (χ0v) is 25.7. The molecule has 47 heavy (non-hydrogen) atoms. The molecule has 1 aliphatic rings. The predicted molar refractivity (Wildman–Crippen MR) is 154 cm³/mol. The Labute approximate surface area is 259 Å². The van der Waals surface area contributed by atoms with Gasteiger partial charge >= 0.3 is 21.3 Å². The van der Waals surface area contributed by atoms with Gasteiger partial charge in [-0.25, -0.2) is 32.3 Å². The van der Waals surface area contributed by atoms with Crippen LogP contribution < -0.4 is 11.2 Å². The highest BCUT2D eigenvalue weighted by atomic mass is 31.2. The molecular weight excluding hydrogens is 677 g/mol. The van der Waals surface area contributed by atoms with Crippen LogP contribution in [-0.4, -0.2) is 59.0 Å². The number of hydrogen-bond acceptors (Lipinski definition) is 9. The van der Waals surface area contributed by atoms with Crippen LogP contribution in [0.2, 0.25) is 0 Å². The van der Waals surface area contributed by atoms with Crippen LogP contribution in [0.1, 0.15) is 36.3 Å². The summed E-state index contributed by atoms with van der Waals surface area (Å²) in [5.74, 6) is -4.45. The van der Waals surface area contributed by atoms with E-state index in [9.17, 15) is 31.9 Å². The van der Waals surface area contributed by atoms with Crippen molar-refractivity contribution in [2.24, 2.45) is 0 Å². The molecule has 0 aliphatic heterocycles. The summed E-state index contributed by atoms with van der Waals surface area (Å²) in [4.78, 5) is 66.9. The van der Waals surface area contributed by atoms with Crippen LogP contribution in [0.5, 0.6) is 0 Å². The second kappa shape index (κ2) is 11.6. The fraction of sp³-hybridized carbons (Fsp3) is 0.320. The molecule has 0 unspecified atom stereocenters. The summed E-state index contributed by atoms with van der Waals surface area (Å²) in [6, 6.07) is 6.69. The average molecular weight is 701 g/mol. The Morgan fingerprint density at radius 3 is 2.40 bits per heavy atom. The SMILES string of the molecule is CC(F)(F)Cn1ncc2ccc([C@H]3C[C@@H]3c3cc(-c4cn(COP(=O)(O)O)c(=O)n(COP(=O)(O)O)c4=O)nn4c(F)cnc34)cc21. The lowest BCUT2D eigenvalue weighted by molar-refractivity contribution is 0.00180. The van der Waals surface area contributed by atoms with Gasteiger partial charge in [0.2, 0.25) is 5.95 Å². The van der Waals surface area contributed by atoms with Gasteiger partial charge in [0.1, 0.15) is 20.0 Å². The van der Waals surface area contributed by atoms with Gasteiger partial charge in [0, 0.05) is 24.1 Å². The molecule has 17 nitrogen and oxygen atoms in total. The zero-order valence-electron chi connectivity index (χ0n) is 23.9. The van der Waals surface area contributed by atoms with Crippen LogP contribution in [-0.2, 0) is 38.2 Å². The number of halogens is 3. The van der Waals surface area contributed by atoms with Crippen molar-refractivity contribution in [3.63, 3.8) is 0 Å². The summed E-state index contributed by atoms with van der Waals surface area (Å²) in [7, 11) is -10.3. The van der Waals surface area contributed by atoms with E-state index in [-0.39, 0.29) is 27.7 Å². The predicted octanol–water partition coefficient (Wildman–Crippen LogP) is 2.27. The maximum absolute atomic E-state index is 14.9. The van der Waals surface area contributed by atoms with E-state index in [1.165, 1.54) is 16.9 Å². The van der Waals surface area contributed by atoms with E-state index < -0.39 is 64.3 Å². The van der Waals surface area contributed by atoms with Crippen molar-refractivity contribution in [3.05, 3.63) is 80.8 Å². The molecule has 0 spiro atoms. The summed E-state index contributed by atoms with van der Waals surface area (Å²) < 4.78 is 76.5. The van der Waals surface area contributed by atoms with Crippen molar-refractivity contribution in [2.45, 2.75) is 51.1 Å². The van der Waals surface area contributed by atoms with Crippen molar-refractivity contribution in [2.75, 3.05) is 0 Å². The average Bonchev–Trinajstić information content (AvgIpc) is 3.54. The Morgan fingerprint density at radius 2 is 1.72 bits per heavy atom. The fourth-order valence-electron chi connectivity index (χ4n) is 5.29. The Kier molecular flexibility index (Phi) is 8.13. The second-order valence-corrected chi connectivity index (χ2v) is 13.4. The van der Waals surface area contributed by atoms with Gasteiger partial charge in [0.25, 0.3) is 11.5 Å². The maximum Gasteiger partial charge on any atom is 0.471 e. The van der Waals surface area contributed by atoms with Crippen LogP contribution in [0, 0.1) is 5.95 Å². The normalized spacial score (nSPS) is 17.2. The van der Waals surface area contributed by atoms with Gasteiger partial charge in [-0.3, -0.25) is 23.1 Å². The molecule has 2 atom stereocenters. The van der Waals surface area contributed by atoms with E-state index in [0.29, 0.717) is 27.5 Å². The van der Waals surface area contributed by atoms with Gasteiger partial charge in [-0.1, -0.05) is 12.1 Å². The molecule has 4 aromatic heterocycles. The summed E-state index contributed by atoms with van der Waals surface area (Å²) in [6.07, 6.45) is 3.71. The Balaban J connectivity index is 1.44. The summed E-state index contributed by atoms with van der Waals surface area (Å²) in [5, 5.41) is 8.83. The molecule has 5 aromatic rings. The smallest absolute Gasteiger partial charge is 0.303 e. The lowest BCUT2D eigenvalue weighted by atomic mass is 10.0. The largest absolute Gasteiger partial charge is 0.471 e. The monoisotopic (exact) mass is 701 g/mol. The highest BCUT2D eigenvalue weighted by molar-refractivity contribution is 7.46. The third-order valence-corrected chi connectivity index (χ3v) is 8.31. The molecule has 1 aromatic carbocycles. The quantitative estimate of drug-likeness (QED) is 0.145. The van der Waals surface area contributed by atoms with E-state index in [0.717, 1.165) is 29.4 Å². The number of phosphoric acid groups is 2. The van der Waals surface area contributed by atoms with Gasteiger partial charge in [-0.2, -0.15) is 19.1 Å². The van der Waals surface area contributed by atoms with Gasteiger partial charge in [0.05, 0.1) is 29.2 Å². The topological polar surface area (TPSA) is 226 Å². The van der Waals surface area contributed by atoms with E-state index in [1.807, 2.05) is 6.07 Å². The number of phosphoric ester groups is 2. The summed E-state index contributed by atoms with van der Waals surface area (Å²) in [6.45, 7) is -2.22. The molecule has 6 rings (SSSR count). The van der Waals surface area contributed by atoms with E-state index in [4.69, 9.17) is 19.6 Å². The molecule has 1 saturated carbocycles. The number of nitrogens with zero attached hydrogens (tertiary/aromatic N) is 7. The van der Waals surface area contributed by atoms with Crippen molar-refractivity contribution in [3.8, 4) is 11.3 Å². The fourth-order valence-corrected chi connectivity index (χ4v) is 5.83. The van der Waals surface area contributed by atoms with Gasteiger partial charge in [-0.05, 0) is 36.0 Å². The molecule has 250 valence electrons. The van der Waals surface area contributed by atoms with E-state index in [1.54, 1.807) is 12.1 Å².